The lowest BCUT2D eigenvalue weighted by Gasteiger charge is -2.17. The van der Waals surface area contributed by atoms with Gasteiger partial charge >= 0.3 is 0 Å². The number of carbonyl (C=O) groups is 3. The van der Waals surface area contributed by atoms with Gasteiger partial charge in [0.05, 0.1) is 5.92 Å². The van der Waals surface area contributed by atoms with Crippen molar-refractivity contribution in [2.24, 2.45) is 5.92 Å². The zero-order valence-corrected chi connectivity index (χ0v) is 21.0. The molecular formula is C26H23BrClN3O4. The highest BCUT2D eigenvalue weighted by molar-refractivity contribution is 9.10. The molecule has 3 aromatic carbocycles. The minimum Gasteiger partial charge on any atom is -0.484 e. The normalized spacial score (nSPS) is 15.1. The number of ether oxygens (including phenoxy) is 1. The van der Waals surface area contributed by atoms with Gasteiger partial charge in [-0.1, -0.05) is 39.7 Å². The molecule has 0 unspecified atom stereocenters. The van der Waals surface area contributed by atoms with Gasteiger partial charge in [0.2, 0.25) is 11.8 Å². The third-order valence-corrected chi connectivity index (χ3v) is 6.30. The van der Waals surface area contributed by atoms with Crippen LogP contribution in [0.1, 0.15) is 12.0 Å². The van der Waals surface area contributed by atoms with Crippen LogP contribution in [0.2, 0.25) is 5.02 Å². The molecule has 1 fully saturated rings. The van der Waals surface area contributed by atoms with Crippen LogP contribution in [0.25, 0.3) is 0 Å². The van der Waals surface area contributed by atoms with Gasteiger partial charge in [-0.3, -0.25) is 14.4 Å². The molecule has 0 aromatic heterocycles. The van der Waals surface area contributed by atoms with Crippen LogP contribution in [0.3, 0.4) is 0 Å². The average Bonchev–Trinajstić information content (AvgIpc) is 3.25. The van der Waals surface area contributed by atoms with E-state index in [0.29, 0.717) is 35.2 Å². The predicted molar refractivity (Wildman–Crippen MR) is 138 cm³/mol. The number of nitrogens with zero attached hydrogens (tertiary/aromatic N) is 1. The number of nitrogens with one attached hydrogen (secondary N) is 2. The van der Waals surface area contributed by atoms with Crippen LogP contribution in [0.5, 0.6) is 5.75 Å². The smallest absolute Gasteiger partial charge is 0.262 e. The summed E-state index contributed by atoms with van der Waals surface area (Å²) in [5, 5.41) is 6.28. The minimum absolute atomic E-state index is 0.112. The quantitative estimate of drug-likeness (QED) is 0.418. The van der Waals surface area contributed by atoms with E-state index in [1.165, 1.54) is 0 Å². The number of hydrogen-bond donors (Lipinski definition) is 2. The molecule has 4 rings (SSSR count). The number of halogens is 2. The molecule has 7 nitrogen and oxygen atoms in total. The summed E-state index contributed by atoms with van der Waals surface area (Å²) in [6, 6.07) is 21.4. The Morgan fingerprint density at radius 2 is 1.69 bits per heavy atom. The van der Waals surface area contributed by atoms with Crippen LogP contribution in [-0.2, 0) is 20.9 Å². The highest BCUT2D eigenvalue weighted by Crippen LogP contribution is 2.27. The molecule has 0 aliphatic carbocycles. The van der Waals surface area contributed by atoms with E-state index in [1.54, 1.807) is 53.4 Å². The van der Waals surface area contributed by atoms with E-state index < -0.39 is 5.92 Å². The maximum atomic E-state index is 12.6. The van der Waals surface area contributed by atoms with Crippen molar-refractivity contribution < 1.29 is 19.1 Å². The van der Waals surface area contributed by atoms with Crippen LogP contribution in [0.4, 0.5) is 11.4 Å². The number of hydrogen-bond acceptors (Lipinski definition) is 4. The number of carbonyl (C=O) groups excluding carboxylic acids is 3. The second kappa shape index (κ2) is 11.4. The number of benzene rings is 3. The van der Waals surface area contributed by atoms with Gasteiger partial charge < -0.3 is 20.3 Å². The molecule has 0 bridgehead atoms. The van der Waals surface area contributed by atoms with Crippen LogP contribution in [0.15, 0.2) is 77.3 Å². The van der Waals surface area contributed by atoms with E-state index in [0.717, 1.165) is 10.0 Å². The Balaban J connectivity index is 1.26. The maximum Gasteiger partial charge on any atom is 0.262 e. The largest absolute Gasteiger partial charge is 0.484 e. The molecule has 35 heavy (non-hydrogen) atoms. The van der Waals surface area contributed by atoms with Gasteiger partial charge in [-0.05, 0) is 66.2 Å². The lowest BCUT2D eigenvalue weighted by molar-refractivity contribution is -0.126. The van der Waals surface area contributed by atoms with Crippen LogP contribution in [-0.4, -0.2) is 30.9 Å². The van der Waals surface area contributed by atoms with Crippen molar-refractivity contribution in [2.45, 2.75) is 13.0 Å². The van der Waals surface area contributed by atoms with Crippen molar-refractivity contribution in [3.8, 4) is 5.75 Å². The molecule has 9 heteroatoms. The molecule has 1 aliphatic heterocycles. The van der Waals surface area contributed by atoms with Crippen LogP contribution < -0.4 is 20.3 Å². The summed E-state index contributed by atoms with van der Waals surface area (Å²) in [6.45, 7) is 0.539. The molecule has 3 amide bonds. The van der Waals surface area contributed by atoms with Gasteiger partial charge in [0.1, 0.15) is 5.75 Å². The summed E-state index contributed by atoms with van der Waals surface area (Å²) in [4.78, 5) is 38.8. The predicted octanol–water partition coefficient (Wildman–Crippen LogP) is 4.79. The minimum atomic E-state index is -0.423. The highest BCUT2D eigenvalue weighted by Gasteiger charge is 2.35. The summed E-state index contributed by atoms with van der Waals surface area (Å²) in [5.74, 6) is -0.470. The van der Waals surface area contributed by atoms with Gasteiger partial charge in [0.15, 0.2) is 6.61 Å². The first-order valence-corrected chi connectivity index (χ1v) is 12.2. The van der Waals surface area contributed by atoms with Crippen LogP contribution in [0, 0.1) is 5.92 Å². The molecular weight excluding hydrogens is 534 g/mol. The molecule has 1 heterocycles. The summed E-state index contributed by atoms with van der Waals surface area (Å²) in [6.07, 6.45) is 0.154. The first-order chi connectivity index (χ1) is 16.9. The Morgan fingerprint density at radius 3 is 2.37 bits per heavy atom. The summed E-state index contributed by atoms with van der Waals surface area (Å²) >= 11 is 9.24. The average molecular weight is 557 g/mol. The molecule has 3 aromatic rings. The summed E-state index contributed by atoms with van der Waals surface area (Å²) < 4.78 is 6.48. The van der Waals surface area contributed by atoms with E-state index in [1.807, 2.05) is 24.3 Å². The fourth-order valence-electron chi connectivity index (χ4n) is 3.67. The third-order valence-electron chi connectivity index (χ3n) is 5.52. The van der Waals surface area contributed by atoms with Gasteiger partial charge in [-0.15, -0.1) is 0 Å². The monoisotopic (exact) mass is 555 g/mol. The molecule has 0 radical (unpaired) electrons. The lowest BCUT2D eigenvalue weighted by Crippen LogP contribution is -2.32. The topological polar surface area (TPSA) is 87.7 Å². The molecule has 0 saturated carbocycles. The Morgan fingerprint density at radius 1 is 1.00 bits per heavy atom. The first-order valence-electron chi connectivity index (χ1n) is 11.0. The Hall–Kier alpha value is -3.36. The van der Waals surface area contributed by atoms with Crippen molar-refractivity contribution in [2.75, 3.05) is 23.4 Å². The standard InChI is InChI=1S/C26H23BrClN3O4/c27-19-3-7-21(8-4-19)30-24(32)16-35-23-11-9-22(10-12-23)31-15-18(13-25(31)33)26(34)29-14-17-1-5-20(28)6-2-17/h1-12,18H,13-16H2,(H,29,34)(H,30,32)/t18-/m0/s1. The maximum absolute atomic E-state index is 12.6. The van der Waals surface area contributed by atoms with E-state index >= 15 is 0 Å². The van der Waals surface area contributed by atoms with Crippen molar-refractivity contribution in [3.63, 3.8) is 0 Å². The Bertz CT molecular complexity index is 1200. The van der Waals surface area contributed by atoms with E-state index in [2.05, 4.69) is 26.6 Å². The second-order valence-electron chi connectivity index (χ2n) is 8.09. The number of anilines is 2. The highest BCUT2D eigenvalue weighted by atomic mass is 79.9. The SMILES string of the molecule is O=C(COc1ccc(N2C[C@@H](C(=O)NCc3ccc(Cl)cc3)CC2=O)cc1)Nc1ccc(Br)cc1. The molecule has 1 atom stereocenters. The molecule has 1 aliphatic rings. The number of rotatable bonds is 8. The van der Waals surface area contributed by atoms with Crippen molar-refractivity contribution in [3.05, 3.63) is 87.9 Å². The van der Waals surface area contributed by atoms with E-state index in [9.17, 15) is 14.4 Å². The van der Waals surface area contributed by atoms with E-state index in [-0.39, 0.29) is 30.7 Å². The Kier molecular flexibility index (Phi) is 8.05. The third kappa shape index (κ3) is 6.83. The second-order valence-corrected chi connectivity index (χ2v) is 9.44. The van der Waals surface area contributed by atoms with Gasteiger partial charge in [-0.2, -0.15) is 0 Å². The van der Waals surface area contributed by atoms with Crippen molar-refractivity contribution >= 4 is 56.6 Å². The van der Waals surface area contributed by atoms with Gasteiger partial charge in [0.25, 0.3) is 5.91 Å². The summed E-state index contributed by atoms with van der Waals surface area (Å²) in [7, 11) is 0. The van der Waals surface area contributed by atoms with Gasteiger partial charge in [-0.25, -0.2) is 0 Å². The van der Waals surface area contributed by atoms with Crippen molar-refractivity contribution in [1.82, 2.24) is 5.32 Å². The van der Waals surface area contributed by atoms with Crippen molar-refractivity contribution in [1.29, 1.82) is 0 Å². The van der Waals surface area contributed by atoms with Gasteiger partial charge in [0, 0.05) is 40.4 Å². The van der Waals surface area contributed by atoms with Crippen LogP contribution >= 0.6 is 27.5 Å². The molecule has 180 valence electrons. The molecule has 1 saturated heterocycles. The molecule has 2 N–H and O–H groups in total. The lowest BCUT2D eigenvalue weighted by atomic mass is 10.1. The first kappa shape index (κ1) is 24.8. The zero-order valence-electron chi connectivity index (χ0n) is 18.7. The number of amides is 3. The fraction of sp³-hybridized carbons (Fsp3) is 0.192. The summed E-state index contributed by atoms with van der Waals surface area (Å²) in [5.41, 5.74) is 2.29. The Labute approximate surface area is 216 Å². The fourth-order valence-corrected chi connectivity index (χ4v) is 4.06. The molecule has 0 spiro atoms. The zero-order chi connectivity index (χ0) is 24.8. The van der Waals surface area contributed by atoms with E-state index in [4.69, 9.17) is 16.3 Å².